The average molecular weight is 290 g/mol. The minimum atomic E-state index is 0.240. The molecular formula is C14H10N8. The lowest BCUT2D eigenvalue weighted by molar-refractivity contribution is 0.881. The van der Waals surface area contributed by atoms with Crippen LogP contribution in [0.2, 0.25) is 0 Å². The van der Waals surface area contributed by atoms with Crippen LogP contribution < -0.4 is 5.32 Å². The van der Waals surface area contributed by atoms with Gasteiger partial charge in [-0.3, -0.25) is 0 Å². The number of H-pyrrole nitrogens is 1. The van der Waals surface area contributed by atoms with Crippen LogP contribution in [-0.4, -0.2) is 30.6 Å². The first kappa shape index (κ1) is 13.4. The Labute approximate surface area is 125 Å². The summed E-state index contributed by atoms with van der Waals surface area (Å²) in [5.41, 5.74) is 2.01. The van der Waals surface area contributed by atoms with Gasteiger partial charge in [0.1, 0.15) is 11.6 Å². The van der Waals surface area contributed by atoms with Crippen molar-refractivity contribution < 1.29 is 0 Å². The second-order valence-electron chi connectivity index (χ2n) is 4.20. The monoisotopic (exact) mass is 290 g/mol. The molecule has 0 aliphatic carbocycles. The zero-order valence-corrected chi connectivity index (χ0v) is 11.3. The molecule has 2 N–H and O–H groups in total. The molecule has 3 aromatic rings. The predicted molar refractivity (Wildman–Crippen MR) is 78.9 cm³/mol. The Morgan fingerprint density at radius 3 is 2.59 bits per heavy atom. The second kappa shape index (κ2) is 6.23. The zero-order chi connectivity index (χ0) is 15.2. The predicted octanol–water partition coefficient (Wildman–Crippen LogP) is 1.63. The van der Waals surface area contributed by atoms with Gasteiger partial charge in [-0.25, -0.2) is 9.97 Å². The van der Waals surface area contributed by atoms with Crippen molar-refractivity contribution >= 4 is 11.3 Å². The molecular weight excluding hydrogens is 280 g/mol. The fourth-order valence-electron chi connectivity index (χ4n) is 1.74. The van der Waals surface area contributed by atoms with E-state index in [1.807, 2.05) is 30.3 Å². The molecule has 8 heteroatoms. The number of anilines is 1. The van der Waals surface area contributed by atoms with Crippen molar-refractivity contribution in [3.05, 3.63) is 54.7 Å². The van der Waals surface area contributed by atoms with Gasteiger partial charge in [0, 0.05) is 29.8 Å². The SMILES string of the molecule is N#CC(=CNc1ccc(-c2ncccn2)cc1)c1nn[nH]n1. The summed E-state index contributed by atoms with van der Waals surface area (Å²) in [6.45, 7) is 0. The number of nitrogens with one attached hydrogen (secondary N) is 2. The van der Waals surface area contributed by atoms with Gasteiger partial charge in [-0.05, 0) is 35.5 Å². The highest BCUT2D eigenvalue weighted by Crippen LogP contribution is 2.18. The van der Waals surface area contributed by atoms with Crippen LogP contribution in [0.5, 0.6) is 0 Å². The molecule has 0 radical (unpaired) electrons. The second-order valence-corrected chi connectivity index (χ2v) is 4.20. The van der Waals surface area contributed by atoms with E-state index in [2.05, 4.69) is 35.9 Å². The van der Waals surface area contributed by atoms with Crippen molar-refractivity contribution in [1.82, 2.24) is 30.6 Å². The molecule has 0 aliphatic rings. The number of rotatable bonds is 4. The highest BCUT2D eigenvalue weighted by atomic mass is 15.5. The minimum Gasteiger partial charge on any atom is -0.360 e. The highest BCUT2D eigenvalue weighted by molar-refractivity contribution is 5.74. The summed E-state index contributed by atoms with van der Waals surface area (Å²) >= 11 is 0. The Morgan fingerprint density at radius 1 is 1.18 bits per heavy atom. The van der Waals surface area contributed by atoms with E-state index in [1.165, 1.54) is 6.20 Å². The summed E-state index contributed by atoms with van der Waals surface area (Å²) in [4.78, 5) is 8.37. The van der Waals surface area contributed by atoms with Gasteiger partial charge in [0.15, 0.2) is 5.82 Å². The normalized spacial score (nSPS) is 11.0. The molecule has 0 spiro atoms. The van der Waals surface area contributed by atoms with Gasteiger partial charge in [0.25, 0.3) is 0 Å². The Kier molecular flexibility index (Phi) is 3.79. The number of nitriles is 1. The third-order valence-electron chi connectivity index (χ3n) is 2.80. The van der Waals surface area contributed by atoms with E-state index < -0.39 is 0 Å². The summed E-state index contributed by atoms with van der Waals surface area (Å²) in [7, 11) is 0. The topological polar surface area (TPSA) is 116 Å². The standard InChI is InChI=1S/C14H10N8/c15-8-11(14-19-21-22-20-14)9-18-12-4-2-10(3-5-12)13-16-6-1-7-17-13/h1-7,9,18H,(H,19,20,21,22). The average Bonchev–Trinajstić information content (AvgIpc) is 3.11. The molecule has 0 bridgehead atoms. The molecule has 2 heterocycles. The van der Waals surface area contributed by atoms with E-state index in [4.69, 9.17) is 5.26 Å². The number of hydrogen-bond donors (Lipinski definition) is 2. The number of benzene rings is 1. The first-order valence-electron chi connectivity index (χ1n) is 6.35. The van der Waals surface area contributed by atoms with Crippen LogP contribution in [0.3, 0.4) is 0 Å². The molecule has 2 aromatic heterocycles. The number of nitrogens with zero attached hydrogens (tertiary/aromatic N) is 6. The molecule has 0 fully saturated rings. The van der Waals surface area contributed by atoms with Crippen LogP contribution in [0.4, 0.5) is 5.69 Å². The summed E-state index contributed by atoms with van der Waals surface area (Å²) in [6.07, 6.45) is 4.92. The van der Waals surface area contributed by atoms with Crippen molar-refractivity contribution in [3.8, 4) is 17.5 Å². The Balaban J connectivity index is 1.76. The Hall–Kier alpha value is -3.60. The Bertz CT molecular complexity index is 800. The molecule has 3 rings (SSSR count). The van der Waals surface area contributed by atoms with Gasteiger partial charge in [0.05, 0.1) is 0 Å². The summed E-state index contributed by atoms with van der Waals surface area (Å²) in [5.74, 6) is 0.901. The molecule has 0 aliphatic heterocycles. The summed E-state index contributed by atoms with van der Waals surface area (Å²) in [5, 5.41) is 25.3. The maximum Gasteiger partial charge on any atom is 0.216 e. The van der Waals surface area contributed by atoms with Crippen LogP contribution in [0, 0.1) is 11.3 Å². The number of tetrazole rings is 1. The molecule has 0 unspecified atom stereocenters. The first-order chi connectivity index (χ1) is 10.9. The van der Waals surface area contributed by atoms with Crippen LogP contribution in [-0.2, 0) is 0 Å². The van der Waals surface area contributed by atoms with Crippen molar-refractivity contribution in [2.24, 2.45) is 0 Å². The third kappa shape index (κ3) is 2.94. The smallest absolute Gasteiger partial charge is 0.216 e. The summed E-state index contributed by atoms with van der Waals surface area (Å²) in [6, 6.07) is 11.3. The first-order valence-corrected chi connectivity index (χ1v) is 6.35. The van der Waals surface area contributed by atoms with E-state index in [-0.39, 0.29) is 11.4 Å². The van der Waals surface area contributed by atoms with Crippen molar-refractivity contribution in [1.29, 1.82) is 5.26 Å². The number of hydrogen-bond acceptors (Lipinski definition) is 7. The van der Waals surface area contributed by atoms with Gasteiger partial charge >= 0.3 is 0 Å². The van der Waals surface area contributed by atoms with Crippen molar-refractivity contribution in [3.63, 3.8) is 0 Å². The van der Waals surface area contributed by atoms with Gasteiger partial charge < -0.3 is 5.32 Å². The number of aromatic amines is 1. The van der Waals surface area contributed by atoms with Gasteiger partial charge in [-0.2, -0.15) is 10.5 Å². The third-order valence-corrected chi connectivity index (χ3v) is 2.80. The molecule has 0 saturated heterocycles. The molecule has 1 aromatic carbocycles. The number of aromatic nitrogens is 6. The maximum atomic E-state index is 9.07. The lowest BCUT2D eigenvalue weighted by Crippen LogP contribution is -1.93. The largest absolute Gasteiger partial charge is 0.360 e. The van der Waals surface area contributed by atoms with E-state index in [0.717, 1.165) is 11.3 Å². The van der Waals surface area contributed by atoms with E-state index >= 15 is 0 Å². The van der Waals surface area contributed by atoms with Crippen molar-refractivity contribution in [2.45, 2.75) is 0 Å². The van der Waals surface area contributed by atoms with Crippen LogP contribution in [0.25, 0.3) is 17.0 Å². The molecule has 22 heavy (non-hydrogen) atoms. The van der Waals surface area contributed by atoms with E-state index in [0.29, 0.717) is 5.82 Å². The molecule has 8 nitrogen and oxygen atoms in total. The quantitative estimate of drug-likeness (QED) is 0.701. The van der Waals surface area contributed by atoms with Crippen molar-refractivity contribution in [2.75, 3.05) is 5.32 Å². The van der Waals surface area contributed by atoms with Gasteiger partial charge in [0.2, 0.25) is 5.82 Å². The fourth-order valence-corrected chi connectivity index (χ4v) is 1.74. The Morgan fingerprint density at radius 2 is 1.95 bits per heavy atom. The highest BCUT2D eigenvalue weighted by Gasteiger charge is 2.05. The van der Waals surface area contributed by atoms with Gasteiger partial charge in [-0.1, -0.05) is 0 Å². The summed E-state index contributed by atoms with van der Waals surface area (Å²) < 4.78 is 0. The van der Waals surface area contributed by atoms with Crippen LogP contribution in [0.15, 0.2) is 48.9 Å². The molecule has 0 saturated carbocycles. The molecule has 106 valence electrons. The zero-order valence-electron chi connectivity index (χ0n) is 11.3. The van der Waals surface area contributed by atoms with Crippen LogP contribution in [0.1, 0.15) is 5.82 Å². The van der Waals surface area contributed by atoms with Crippen LogP contribution >= 0.6 is 0 Å². The fraction of sp³-hybridized carbons (Fsp3) is 0. The minimum absolute atomic E-state index is 0.240. The van der Waals surface area contributed by atoms with E-state index in [9.17, 15) is 0 Å². The lowest BCUT2D eigenvalue weighted by atomic mass is 10.2. The van der Waals surface area contributed by atoms with E-state index in [1.54, 1.807) is 18.5 Å². The molecule has 0 atom stereocenters. The lowest BCUT2D eigenvalue weighted by Gasteiger charge is -2.03. The maximum absolute atomic E-state index is 9.07. The number of allylic oxidation sites excluding steroid dienone is 1. The van der Waals surface area contributed by atoms with Gasteiger partial charge in [-0.15, -0.1) is 10.2 Å². The molecule has 0 amide bonds.